The van der Waals surface area contributed by atoms with Crippen LogP contribution in [0.25, 0.3) is 16.7 Å². The second kappa shape index (κ2) is 9.39. The lowest BCUT2D eigenvalue weighted by atomic mass is 10.1. The number of imidazole rings is 1. The standard InChI is InChI=1S/C25H23ClN4O3/c1-4-32-24(31)20-7-6-8-21-22(20)29(25(28-21)33-5-2)15-17-9-11-18(12-10-17)30-19(14-27)13-16(3)23(30)26/h6-13H,4-5,15H2,1-3H3. The number of para-hydroxylation sites is 1. The summed E-state index contributed by atoms with van der Waals surface area (Å²) in [5, 5.41) is 9.95. The van der Waals surface area contributed by atoms with Crippen molar-refractivity contribution in [2.24, 2.45) is 0 Å². The van der Waals surface area contributed by atoms with Crippen LogP contribution >= 0.6 is 11.6 Å². The van der Waals surface area contributed by atoms with Crippen LogP contribution in [0.2, 0.25) is 5.15 Å². The van der Waals surface area contributed by atoms with Crippen molar-refractivity contribution in [3.63, 3.8) is 0 Å². The fourth-order valence-corrected chi connectivity index (χ4v) is 4.05. The van der Waals surface area contributed by atoms with E-state index in [2.05, 4.69) is 11.1 Å². The molecule has 0 unspecified atom stereocenters. The van der Waals surface area contributed by atoms with Crippen molar-refractivity contribution in [1.82, 2.24) is 14.1 Å². The minimum absolute atomic E-state index is 0.287. The normalized spacial score (nSPS) is 10.9. The molecule has 7 nitrogen and oxygen atoms in total. The van der Waals surface area contributed by atoms with Crippen molar-refractivity contribution < 1.29 is 14.3 Å². The monoisotopic (exact) mass is 462 g/mol. The molecule has 2 aromatic carbocycles. The van der Waals surface area contributed by atoms with Crippen LogP contribution in [-0.4, -0.2) is 33.3 Å². The van der Waals surface area contributed by atoms with Gasteiger partial charge in [0, 0.05) is 5.69 Å². The summed E-state index contributed by atoms with van der Waals surface area (Å²) < 4.78 is 14.6. The third-order valence-electron chi connectivity index (χ3n) is 5.27. The van der Waals surface area contributed by atoms with Crippen molar-refractivity contribution in [1.29, 1.82) is 5.26 Å². The number of nitrogens with zero attached hydrogens (tertiary/aromatic N) is 4. The van der Waals surface area contributed by atoms with Gasteiger partial charge in [-0.1, -0.05) is 29.8 Å². The van der Waals surface area contributed by atoms with Crippen molar-refractivity contribution in [3.05, 3.63) is 76.1 Å². The fourth-order valence-electron chi connectivity index (χ4n) is 3.80. The Kier molecular flexibility index (Phi) is 6.38. The Hall–Kier alpha value is -3.76. The van der Waals surface area contributed by atoms with Gasteiger partial charge < -0.3 is 9.47 Å². The van der Waals surface area contributed by atoms with E-state index in [-0.39, 0.29) is 6.61 Å². The Morgan fingerprint density at radius 3 is 2.58 bits per heavy atom. The summed E-state index contributed by atoms with van der Waals surface area (Å²) in [7, 11) is 0. The topological polar surface area (TPSA) is 82.1 Å². The first-order chi connectivity index (χ1) is 16.0. The summed E-state index contributed by atoms with van der Waals surface area (Å²) in [6, 6.07) is 17.5. The smallest absolute Gasteiger partial charge is 0.340 e. The van der Waals surface area contributed by atoms with Crippen LogP contribution < -0.4 is 4.74 Å². The minimum Gasteiger partial charge on any atom is -0.465 e. The first-order valence-electron chi connectivity index (χ1n) is 10.6. The van der Waals surface area contributed by atoms with Crippen LogP contribution in [0.1, 0.15) is 41.0 Å². The second-order valence-electron chi connectivity index (χ2n) is 7.42. The number of fused-ring (bicyclic) bond motifs is 1. The van der Waals surface area contributed by atoms with E-state index in [9.17, 15) is 10.1 Å². The molecule has 4 aromatic rings. The van der Waals surface area contributed by atoms with Gasteiger partial charge in [0.2, 0.25) is 0 Å². The number of esters is 1. The summed E-state index contributed by atoms with van der Waals surface area (Å²) in [5.74, 6) is -0.399. The zero-order chi connectivity index (χ0) is 23.5. The number of hydrogen-bond donors (Lipinski definition) is 0. The molecule has 2 aromatic heterocycles. The molecular weight excluding hydrogens is 440 g/mol. The van der Waals surface area contributed by atoms with Crippen molar-refractivity contribution in [3.8, 4) is 17.8 Å². The molecule has 0 amide bonds. The molecular formula is C25H23ClN4O3. The average Bonchev–Trinajstić information content (AvgIpc) is 3.31. The molecule has 0 aliphatic heterocycles. The quantitative estimate of drug-likeness (QED) is 0.349. The number of rotatable bonds is 7. The average molecular weight is 463 g/mol. The Morgan fingerprint density at radius 1 is 1.15 bits per heavy atom. The third kappa shape index (κ3) is 4.18. The molecule has 0 aliphatic rings. The molecule has 0 spiro atoms. The Labute approximate surface area is 196 Å². The maximum absolute atomic E-state index is 12.6. The molecule has 0 fully saturated rings. The van der Waals surface area contributed by atoms with E-state index in [0.29, 0.717) is 46.6 Å². The molecule has 2 heterocycles. The molecule has 4 rings (SSSR count). The van der Waals surface area contributed by atoms with E-state index in [1.807, 2.05) is 48.7 Å². The van der Waals surface area contributed by atoms with E-state index in [1.54, 1.807) is 29.7 Å². The predicted molar refractivity (Wildman–Crippen MR) is 126 cm³/mol. The number of halogens is 1. The van der Waals surface area contributed by atoms with Gasteiger partial charge in [-0.2, -0.15) is 10.2 Å². The molecule has 0 atom stereocenters. The van der Waals surface area contributed by atoms with E-state index in [4.69, 9.17) is 21.1 Å². The minimum atomic E-state index is -0.399. The number of carbonyl (C=O) groups excluding carboxylic acids is 1. The third-order valence-corrected chi connectivity index (χ3v) is 5.73. The number of carbonyl (C=O) groups is 1. The number of nitriles is 1. The van der Waals surface area contributed by atoms with Crippen molar-refractivity contribution >= 4 is 28.6 Å². The summed E-state index contributed by atoms with van der Waals surface area (Å²) >= 11 is 6.41. The molecule has 0 N–H and O–H groups in total. The lowest BCUT2D eigenvalue weighted by Crippen LogP contribution is -2.10. The number of aromatic nitrogens is 3. The number of hydrogen-bond acceptors (Lipinski definition) is 5. The molecule has 168 valence electrons. The number of benzene rings is 2. The highest BCUT2D eigenvalue weighted by Gasteiger charge is 2.20. The molecule has 8 heteroatoms. The van der Waals surface area contributed by atoms with E-state index in [0.717, 1.165) is 16.8 Å². The van der Waals surface area contributed by atoms with Gasteiger partial charge in [0.1, 0.15) is 16.9 Å². The summed E-state index contributed by atoms with van der Waals surface area (Å²) in [6.07, 6.45) is 0. The van der Waals surface area contributed by atoms with Gasteiger partial charge in [0.05, 0.1) is 36.4 Å². The van der Waals surface area contributed by atoms with Gasteiger partial charge in [-0.15, -0.1) is 0 Å². The SMILES string of the molecule is CCOC(=O)c1cccc2nc(OCC)n(Cc3ccc(-n4c(C#N)cc(C)c4Cl)cc3)c12. The molecule has 0 aliphatic carbocycles. The zero-order valence-electron chi connectivity index (χ0n) is 18.6. The Bertz CT molecular complexity index is 1360. The van der Waals surface area contributed by atoms with Gasteiger partial charge in [-0.05, 0) is 62.2 Å². The molecule has 0 saturated carbocycles. The largest absolute Gasteiger partial charge is 0.465 e. The van der Waals surface area contributed by atoms with Crippen molar-refractivity contribution in [2.75, 3.05) is 13.2 Å². The molecule has 0 bridgehead atoms. The zero-order valence-corrected chi connectivity index (χ0v) is 19.4. The summed E-state index contributed by atoms with van der Waals surface area (Å²) in [6.45, 7) is 6.70. The number of ether oxygens (including phenoxy) is 2. The van der Waals surface area contributed by atoms with Gasteiger partial charge >= 0.3 is 5.97 Å². The molecule has 0 saturated heterocycles. The number of aryl methyl sites for hydroxylation is 1. The maximum atomic E-state index is 12.6. The van der Waals surface area contributed by atoms with Crippen LogP contribution in [0.15, 0.2) is 48.5 Å². The summed E-state index contributed by atoms with van der Waals surface area (Å²) in [4.78, 5) is 17.2. The highest BCUT2D eigenvalue weighted by molar-refractivity contribution is 6.30. The second-order valence-corrected chi connectivity index (χ2v) is 7.78. The predicted octanol–water partition coefficient (Wildman–Crippen LogP) is 5.28. The van der Waals surface area contributed by atoms with Gasteiger partial charge in [-0.25, -0.2) is 4.79 Å². The van der Waals surface area contributed by atoms with E-state index >= 15 is 0 Å². The van der Waals surface area contributed by atoms with Crippen molar-refractivity contribution in [2.45, 2.75) is 27.3 Å². The lowest BCUT2D eigenvalue weighted by molar-refractivity contribution is 0.0528. The molecule has 0 radical (unpaired) electrons. The summed E-state index contributed by atoms with van der Waals surface area (Å²) in [5.41, 5.74) is 4.85. The van der Waals surface area contributed by atoms with Gasteiger partial charge in [0.15, 0.2) is 0 Å². The van der Waals surface area contributed by atoms with Crippen LogP contribution in [0.4, 0.5) is 0 Å². The van der Waals surface area contributed by atoms with E-state index < -0.39 is 5.97 Å². The highest BCUT2D eigenvalue weighted by Crippen LogP contribution is 2.28. The lowest BCUT2D eigenvalue weighted by Gasteiger charge is -2.13. The van der Waals surface area contributed by atoms with Crippen LogP contribution in [0.5, 0.6) is 6.01 Å². The fraction of sp³-hybridized carbons (Fsp3) is 0.240. The van der Waals surface area contributed by atoms with Crippen LogP contribution in [-0.2, 0) is 11.3 Å². The van der Waals surface area contributed by atoms with Gasteiger partial charge in [-0.3, -0.25) is 9.13 Å². The first kappa shape index (κ1) is 22.4. The maximum Gasteiger partial charge on any atom is 0.340 e. The Balaban J connectivity index is 1.75. The van der Waals surface area contributed by atoms with Crippen LogP contribution in [0.3, 0.4) is 0 Å². The first-order valence-corrected chi connectivity index (χ1v) is 11.0. The molecule has 33 heavy (non-hydrogen) atoms. The van der Waals surface area contributed by atoms with E-state index in [1.165, 1.54) is 0 Å². The Morgan fingerprint density at radius 2 is 1.91 bits per heavy atom. The highest BCUT2D eigenvalue weighted by atomic mass is 35.5. The van der Waals surface area contributed by atoms with Crippen LogP contribution in [0, 0.1) is 18.3 Å². The van der Waals surface area contributed by atoms with Gasteiger partial charge in [0.25, 0.3) is 6.01 Å².